The largest absolute Gasteiger partial charge is 0.433 e. The maximum absolute atomic E-state index is 12.9. The SMILES string of the molecule is Cc1cc(NC(=O)C(=O)N2CC(C)CCC2c2ccc(C(F)(F)F)nc2)cnc1C.Cc1cc(NC(=O)C(=O)N2CC(C)CCC2c2ccc(C(F)(F)F)nc2)cnc1N.Cc1cc(NC(=O)C(=O)N2C[C@@H](C)CC[C@@H]2c2ccc(C(F)(F)F)nc2)cnc1N.Cc1cc(NC(=O)C(=O)N2C[C@H](C)CC[C@H]2c2ccc(C(F)(F)F)nc2)cnc1N. The van der Waals surface area contributed by atoms with Gasteiger partial charge in [-0.05, 0) is 203 Å². The number of aryl methyl sites for hydroxylation is 5. The number of carbonyl (C=O) groups excluding carboxylic acids is 8. The number of hydrogen-bond donors (Lipinski definition) is 7. The van der Waals surface area contributed by atoms with Gasteiger partial charge in [-0.3, -0.25) is 63.3 Å². The molecule has 12 heterocycles. The van der Waals surface area contributed by atoms with Crippen molar-refractivity contribution in [2.24, 2.45) is 23.7 Å². The van der Waals surface area contributed by atoms with E-state index in [2.05, 4.69) is 61.1 Å². The Bertz CT molecular complexity index is 4400. The highest BCUT2D eigenvalue weighted by atomic mass is 19.4. The first-order chi connectivity index (χ1) is 56.2. The number of hydrogen-bond acceptors (Lipinski definition) is 19. The van der Waals surface area contributed by atoms with E-state index in [9.17, 15) is 91.0 Å². The molecule has 4 aliphatic heterocycles. The lowest BCUT2D eigenvalue weighted by atomic mass is 9.90. The summed E-state index contributed by atoms with van der Waals surface area (Å²) in [4.78, 5) is 137. The number of rotatable bonds is 8. The number of likely N-dealkylation sites (tertiary alicyclic amines) is 4. The van der Waals surface area contributed by atoms with Gasteiger partial charge in [0.15, 0.2) is 0 Å². The van der Waals surface area contributed by atoms with Crippen molar-refractivity contribution in [3.05, 3.63) is 195 Å². The van der Waals surface area contributed by atoms with Crippen LogP contribution < -0.4 is 38.5 Å². The number of halogens is 12. The number of nitrogens with two attached hydrogens (primary N) is 3. The fourth-order valence-corrected chi connectivity index (χ4v) is 13.9. The molecule has 4 aliphatic rings. The minimum absolute atomic E-state index is 0.154. The first-order valence-corrected chi connectivity index (χ1v) is 37.9. The Hall–Kier alpha value is -12.5. The second kappa shape index (κ2) is 38.5. The Morgan fingerprint density at radius 1 is 0.308 bits per heavy atom. The monoisotopic (exact) mass is 1680 g/mol. The molecule has 4 fully saturated rings. The molecule has 0 radical (unpaired) electrons. The quantitative estimate of drug-likeness (QED) is 0.0549. The van der Waals surface area contributed by atoms with Gasteiger partial charge in [-0.25, -0.2) is 15.0 Å². The number of aromatic nitrogens is 8. The van der Waals surface area contributed by atoms with E-state index in [1.165, 1.54) is 68.7 Å². The average molecular weight is 1680 g/mol. The van der Waals surface area contributed by atoms with Crippen molar-refractivity contribution in [2.45, 2.75) is 163 Å². The van der Waals surface area contributed by atoms with Gasteiger partial charge < -0.3 is 58.1 Å². The minimum Gasteiger partial charge on any atom is -0.383 e. The third kappa shape index (κ3) is 23.9. The molecule has 0 saturated carbocycles. The van der Waals surface area contributed by atoms with Crippen LogP contribution in [0, 0.1) is 58.3 Å². The fourth-order valence-electron chi connectivity index (χ4n) is 13.9. The number of amides is 8. The van der Waals surface area contributed by atoms with Gasteiger partial charge in [0.25, 0.3) is 0 Å². The third-order valence-corrected chi connectivity index (χ3v) is 20.7. The molecule has 27 nitrogen and oxygen atoms in total. The van der Waals surface area contributed by atoms with Gasteiger partial charge in [-0.1, -0.05) is 52.0 Å². The standard InChI is InChI=1S/C21H23F3N4O2.3C20H22F3N5O2/c1-12-4-6-17(15-5-7-18(26-9-15)21(22,23)24)28(11-12)20(30)19(29)27-16-8-13(2)14(3)25-10-16;3*1-11-3-5-15(13-4-6-16(25-8-13)20(21,22)23)28(10-11)19(30)18(29)27-14-7-12(2)17(24)26-9-14/h5,7-10,12,17H,4,6,11H2,1-3H3,(H,27,29);3*4,6-9,11,15H,3,5,10H2,1-2H3,(H2,24,26)(H,27,29)/t;2*11-,15+;/m.10./s1. The van der Waals surface area contributed by atoms with Crippen LogP contribution in [0.2, 0.25) is 0 Å². The Labute approximate surface area is 681 Å². The second-order valence-corrected chi connectivity index (χ2v) is 30.2. The van der Waals surface area contributed by atoms with Gasteiger partial charge >= 0.3 is 72.0 Å². The number of nitrogens with zero attached hydrogens (tertiary/aromatic N) is 12. The average Bonchev–Trinajstić information content (AvgIpc) is 0.809. The Morgan fingerprint density at radius 2 is 0.517 bits per heavy atom. The van der Waals surface area contributed by atoms with Crippen molar-refractivity contribution >= 4 is 87.5 Å². The van der Waals surface area contributed by atoms with Gasteiger partial charge in [0.1, 0.15) is 40.2 Å². The Kier molecular flexibility index (Phi) is 29.3. The lowest BCUT2D eigenvalue weighted by Crippen LogP contribution is -2.46. The molecule has 8 aromatic rings. The summed E-state index contributed by atoms with van der Waals surface area (Å²) in [6.07, 6.45) is -2.91. The van der Waals surface area contributed by atoms with Crippen LogP contribution in [0.5, 0.6) is 0 Å². The van der Waals surface area contributed by atoms with Crippen LogP contribution in [-0.2, 0) is 63.1 Å². The van der Waals surface area contributed by atoms with E-state index in [1.807, 2.05) is 41.5 Å². The first-order valence-electron chi connectivity index (χ1n) is 37.9. The number of piperidine rings is 4. The molecule has 0 aliphatic carbocycles. The number of alkyl halides is 12. The molecule has 39 heteroatoms. The Balaban J connectivity index is 0.000000182. The van der Waals surface area contributed by atoms with Crippen molar-refractivity contribution < 1.29 is 91.0 Å². The van der Waals surface area contributed by atoms with Crippen LogP contribution in [0.4, 0.5) is 92.9 Å². The van der Waals surface area contributed by atoms with E-state index in [1.54, 1.807) is 45.0 Å². The van der Waals surface area contributed by atoms with E-state index in [-0.39, 0.29) is 23.7 Å². The van der Waals surface area contributed by atoms with Gasteiger partial charge in [-0.15, -0.1) is 0 Å². The van der Waals surface area contributed by atoms with Crippen molar-refractivity contribution in [2.75, 3.05) is 64.6 Å². The summed E-state index contributed by atoms with van der Waals surface area (Å²) in [6.45, 7) is 18.0. The summed E-state index contributed by atoms with van der Waals surface area (Å²) in [7, 11) is 0. The summed E-state index contributed by atoms with van der Waals surface area (Å²) in [6, 6.07) is 13.2. The van der Waals surface area contributed by atoms with E-state index >= 15 is 0 Å². The molecule has 0 aromatic carbocycles. The summed E-state index contributed by atoms with van der Waals surface area (Å²) < 4.78 is 154. The van der Waals surface area contributed by atoms with E-state index in [4.69, 9.17) is 17.2 Å². The van der Waals surface area contributed by atoms with Crippen LogP contribution in [0.25, 0.3) is 0 Å². The highest BCUT2D eigenvalue weighted by Crippen LogP contribution is 2.41. The number of carbonyl (C=O) groups is 8. The number of nitrogen functional groups attached to an aromatic ring is 3. The van der Waals surface area contributed by atoms with Crippen molar-refractivity contribution in [3.63, 3.8) is 0 Å². The van der Waals surface area contributed by atoms with Gasteiger partial charge in [0.05, 0.1) is 71.7 Å². The van der Waals surface area contributed by atoms with Crippen LogP contribution in [0.3, 0.4) is 0 Å². The first kappa shape index (κ1) is 91.4. The normalized spacial score (nSPS) is 19.4. The molecule has 8 atom stereocenters. The van der Waals surface area contributed by atoms with E-state index in [0.29, 0.717) is 131 Å². The van der Waals surface area contributed by atoms with Crippen LogP contribution in [-0.4, -0.2) is 133 Å². The summed E-state index contributed by atoms with van der Waals surface area (Å²) in [5.41, 5.74) is 19.9. The molecule has 0 spiro atoms. The minimum atomic E-state index is -4.54. The lowest BCUT2D eigenvalue weighted by molar-refractivity contribution is -0.146. The van der Waals surface area contributed by atoms with Crippen molar-refractivity contribution in [3.8, 4) is 0 Å². The maximum atomic E-state index is 12.9. The molecular formula is C81H89F12N19O8. The van der Waals surface area contributed by atoms with Crippen LogP contribution in [0.15, 0.2) is 122 Å². The zero-order valence-electron chi connectivity index (χ0n) is 66.6. The third-order valence-electron chi connectivity index (χ3n) is 20.7. The predicted octanol–water partition coefficient (Wildman–Crippen LogP) is 14.0. The van der Waals surface area contributed by atoms with Crippen LogP contribution >= 0.6 is 0 Å². The number of nitrogens with one attached hydrogen (secondary N) is 4. The van der Waals surface area contributed by atoms with Gasteiger partial charge in [0.2, 0.25) is 0 Å². The zero-order valence-corrected chi connectivity index (χ0v) is 66.6. The predicted molar refractivity (Wildman–Crippen MR) is 417 cm³/mol. The molecule has 4 saturated heterocycles. The van der Waals surface area contributed by atoms with Crippen molar-refractivity contribution in [1.82, 2.24) is 59.5 Å². The van der Waals surface area contributed by atoms with Crippen molar-refractivity contribution in [1.29, 1.82) is 0 Å². The number of pyridine rings is 8. The summed E-state index contributed by atoms with van der Waals surface area (Å²) >= 11 is 0. The molecule has 120 heavy (non-hydrogen) atoms. The molecule has 640 valence electrons. The van der Waals surface area contributed by atoms with Gasteiger partial charge in [0, 0.05) is 56.7 Å². The molecule has 4 unspecified atom stereocenters. The highest BCUT2D eigenvalue weighted by Gasteiger charge is 2.42. The summed E-state index contributed by atoms with van der Waals surface area (Å²) in [5, 5.41) is 10.1. The second-order valence-electron chi connectivity index (χ2n) is 30.2. The lowest BCUT2D eigenvalue weighted by Gasteiger charge is -2.38. The van der Waals surface area contributed by atoms with E-state index in [0.717, 1.165) is 86.0 Å². The molecule has 8 amide bonds. The highest BCUT2D eigenvalue weighted by molar-refractivity contribution is 6.41. The molecule has 10 N–H and O–H groups in total. The summed E-state index contributed by atoms with van der Waals surface area (Å²) in [5.74, 6) is -4.78. The zero-order chi connectivity index (χ0) is 88.2. The van der Waals surface area contributed by atoms with Gasteiger partial charge in [-0.2, -0.15) is 52.7 Å². The molecule has 8 aromatic heterocycles. The molecule has 0 bridgehead atoms. The molecular weight excluding hydrogens is 1590 g/mol. The Morgan fingerprint density at radius 3 is 0.700 bits per heavy atom. The number of anilines is 7. The van der Waals surface area contributed by atoms with Crippen LogP contribution in [0.1, 0.15) is 176 Å². The fraction of sp³-hybridized carbons (Fsp3) is 0.407. The maximum Gasteiger partial charge on any atom is 0.433 e. The van der Waals surface area contributed by atoms with E-state index < -0.39 is 119 Å². The smallest absolute Gasteiger partial charge is 0.383 e. The molecule has 12 rings (SSSR count). The topological polar surface area (TPSA) is 379 Å².